The van der Waals surface area contributed by atoms with Crippen LogP contribution in [0, 0.1) is 0 Å². The van der Waals surface area contributed by atoms with Gasteiger partial charge in [0.1, 0.15) is 6.61 Å². The molecule has 0 amide bonds. The average Bonchev–Trinajstić information content (AvgIpc) is 3.35. The quantitative estimate of drug-likeness (QED) is 0.184. The highest BCUT2D eigenvalue weighted by atomic mass is 35.5. The van der Waals surface area contributed by atoms with Crippen molar-refractivity contribution < 1.29 is 9.47 Å². The van der Waals surface area contributed by atoms with Gasteiger partial charge in [-0.2, -0.15) is 0 Å². The van der Waals surface area contributed by atoms with Crippen molar-refractivity contribution in [2.45, 2.75) is 32.4 Å². The highest BCUT2D eigenvalue weighted by Crippen LogP contribution is 2.41. The summed E-state index contributed by atoms with van der Waals surface area (Å²) in [6.07, 6.45) is 3.65. The summed E-state index contributed by atoms with van der Waals surface area (Å²) < 4.78 is 14.5. The number of rotatable bonds is 7. The van der Waals surface area contributed by atoms with Crippen LogP contribution < -0.4 is 24.4 Å². The van der Waals surface area contributed by atoms with Gasteiger partial charge < -0.3 is 9.47 Å². The SMILES string of the molecule is CCOc1cc(/C=c2/sc3n(c2=O)[C@@H](c2ccc(Cl)cc2)C2=C(N=3)c3ccccc3CC2)ccc1OCc1ccc(Cl)cc1. The van der Waals surface area contributed by atoms with Crippen LogP contribution >= 0.6 is 34.5 Å². The molecule has 2 heterocycles. The molecular formula is C36H28Cl2N2O3S. The molecule has 1 aliphatic heterocycles. The molecule has 1 aromatic heterocycles. The van der Waals surface area contributed by atoms with Gasteiger partial charge in [0, 0.05) is 15.6 Å². The van der Waals surface area contributed by atoms with Crippen LogP contribution in [0.2, 0.25) is 10.0 Å². The standard InChI is InChI=1S/C36H28Cl2N2O3S/c1-2-42-31-19-23(9-18-30(31)43-21-22-7-13-26(37)14-8-22)20-32-35(41)40-34(25-10-15-27(38)16-11-25)29-17-12-24-5-3-4-6-28(24)33(29)39-36(40)44-32/h3-11,13-16,18-20,34H,2,12,17,21H2,1H3/b32-20+/t34-/m0/s1. The third-order valence-electron chi connectivity index (χ3n) is 7.93. The third kappa shape index (κ3) is 5.50. The van der Waals surface area contributed by atoms with E-state index >= 15 is 0 Å². The lowest BCUT2D eigenvalue weighted by Gasteiger charge is -2.30. The number of aryl methyl sites for hydroxylation is 1. The molecule has 0 N–H and O–H groups in total. The summed E-state index contributed by atoms with van der Waals surface area (Å²) in [5.41, 5.74) is 7.35. The highest BCUT2D eigenvalue weighted by molar-refractivity contribution is 7.07. The second-order valence-corrected chi connectivity index (χ2v) is 12.6. The highest BCUT2D eigenvalue weighted by Gasteiger charge is 2.32. The topological polar surface area (TPSA) is 52.8 Å². The van der Waals surface area contributed by atoms with Crippen LogP contribution in [-0.2, 0) is 13.0 Å². The first-order valence-corrected chi connectivity index (χ1v) is 16.1. The second-order valence-electron chi connectivity index (χ2n) is 10.7. The van der Waals surface area contributed by atoms with Gasteiger partial charge in [-0.1, -0.05) is 89.1 Å². The molecule has 1 aliphatic carbocycles. The van der Waals surface area contributed by atoms with E-state index in [1.54, 1.807) is 0 Å². The molecule has 8 heteroatoms. The van der Waals surface area contributed by atoms with E-state index in [0.29, 0.717) is 44.1 Å². The maximum atomic E-state index is 14.1. The molecule has 44 heavy (non-hydrogen) atoms. The van der Waals surface area contributed by atoms with Gasteiger partial charge in [0.15, 0.2) is 16.3 Å². The van der Waals surface area contributed by atoms with Crippen molar-refractivity contribution in [1.29, 1.82) is 0 Å². The van der Waals surface area contributed by atoms with Crippen LogP contribution in [0.25, 0.3) is 11.8 Å². The van der Waals surface area contributed by atoms with E-state index in [4.69, 9.17) is 37.7 Å². The van der Waals surface area contributed by atoms with Crippen molar-refractivity contribution in [1.82, 2.24) is 4.57 Å². The van der Waals surface area contributed by atoms with Crippen molar-refractivity contribution in [3.63, 3.8) is 0 Å². The molecule has 0 saturated heterocycles. The Balaban J connectivity index is 1.30. The van der Waals surface area contributed by atoms with Gasteiger partial charge in [0.05, 0.1) is 22.9 Å². The summed E-state index contributed by atoms with van der Waals surface area (Å²) in [6.45, 7) is 2.80. The first-order chi connectivity index (χ1) is 21.5. The molecule has 0 saturated carbocycles. The Morgan fingerprint density at radius 3 is 2.43 bits per heavy atom. The minimum Gasteiger partial charge on any atom is -0.490 e. The zero-order valence-electron chi connectivity index (χ0n) is 23.9. The fraction of sp³-hybridized carbons (Fsp3) is 0.167. The number of benzene rings is 4. The Morgan fingerprint density at radius 1 is 0.909 bits per heavy atom. The molecule has 7 rings (SSSR count). The third-order valence-corrected chi connectivity index (χ3v) is 9.42. The first-order valence-electron chi connectivity index (χ1n) is 14.5. The fourth-order valence-electron chi connectivity index (χ4n) is 5.86. The minimum atomic E-state index is -0.253. The van der Waals surface area contributed by atoms with Gasteiger partial charge in [0.25, 0.3) is 5.56 Å². The Hall–Kier alpha value is -4.10. The lowest BCUT2D eigenvalue weighted by Crippen LogP contribution is -2.38. The summed E-state index contributed by atoms with van der Waals surface area (Å²) >= 11 is 13.7. The average molecular weight is 640 g/mol. The van der Waals surface area contributed by atoms with Crippen LogP contribution in [0.3, 0.4) is 0 Å². The van der Waals surface area contributed by atoms with Crippen molar-refractivity contribution in [3.05, 3.63) is 154 Å². The first kappa shape index (κ1) is 28.7. The molecular weight excluding hydrogens is 611 g/mol. The molecule has 2 aliphatic rings. The van der Waals surface area contributed by atoms with Crippen LogP contribution in [0.15, 0.2) is 106 Å². The number of allylic oxidation sites excluding steroid dienone is 1. The van der Waals surface area contributed by atoms with Crippen LogP contribution in [-0.4, -0.2) is 11.2 Å². The van der Waals surface area contributed by atoms with Gasteiger partial charge in [-0.3, -0.25) is 9.36 Å². The van der Waals surface area contributed by atoms with Crippen LogP contribution in [0.5, 0.6) is 11.5 Å². The van der Waals surface area contributed by atoms with Crippen molar-refractivity contribution in [2.75, 3.05) is 6.61 Å². The number of aromatic nitrogens is 1. The van der Waals surface area contributed by atoms with Gasteiger partial charge in [-0.05, 0) is 90.1 Å². The smallest absolute Gasteiger partial charge is 0.271 e. The number of hydrogen-bond donors (Lipinski definition) is 0. The van der Waals surface area contributed by atoms with Crippen LogP contribution in [0.4, 0.5) is 0 Å². The Labute approximate surface area is 269 Å². The molecule has 0 spiro atoms. The fourth-order valence-corrected chi connectivity index (χ4v) is 7.12. The van der Waals surface area contributed by atoms with E-state index < -0.39 is 0 Å². The predicted molar refractivity (Wildman–Crippen MR) is 178 cm³/mol. The van der Waals surface area contributed by atoms with Gasteiger partial charge in [-0.25, -0.2) is 4.99 Å². The molecule has 4 aromatic carbocycles. The number of hydrogen-bond acceptors (Lipinski definition) is 5. The molecule has 0 bridgehead atoms. The number of nitrogens with zero attached hydrogens (tertiary/aromatic N) is 2. The summed E-state index contributed by atoms with van der Waals surface area (Å²) in [4.78, 5) is 19.9. The summed E-state index contributed by atoms with van der Waals surface area (Å²) in [5, 5.41) is 1.35. The Kier molecular flexibility index (Phi) is 7.89. The molecule has 0 fully saturated rings. The molecule has 0 unspecified atom stereocenters. The lowest BCUT2D eigenvalue weighted by atomic mass is 9.83. The zero-order chi connectivity index (χ0) is 30.2. The van der Waals surface area contributed by atoms with Gasteiger partial charge in [-0.15, -0.1) is 0 Å². The van der Waals surface area contributed by atoms with E-state index in [0.717, 1.165) is 46.4 Å². The van der Waals surface area contributed by atoms with E-state index in [-0.39, 0.29) is 11.6 Å². The largest absolute Gasteiger partial charge is 0.490 e. The number of fused-ring (bicyclic) bond motifs is 3. The zero-order valence-corrected chi connectivity index (χ0v) is 26.3. The second kappa shape index (κ2) is 12.1. The molecule has 5 nitrogen and oxygen atoms in total. The normalized spacial score (nSPS) is 15.7. The van der Waals surface area contributed by atoms with Crippen LogP contribution in [0.1, 0.15) is 47.2 Å². The van der Waals surface area contributed by atoms with Gasteiger partial charge >= 0.3 is 0 Å². The molecule has 0 radical (unpaired) electrons. The summed E-state index contributed by atoms with van der Waals surface area (Å²) in [5.74, 6) is 1.25. The molecule has 220 valence electrons. The van der Waals surface area contributed by atoms with E-state index in [2.05, 4.69) is 24.3 Å². The number of ether oxygens (including phenoxy) is 2. The lowest BCUT2D eigenvalue weighted by molar-refractivity contribution is 0.269. The van der Waals surface area contributed by atoms with Crippen molar-refractivity contribution >= 4 is 46.3 Å². The number of halogens is 2. The summed E-state index contributed by atoms with van der Waals surface area (Å²) in [7, 11) is 0. The Morgan fingerprint density at radius 2 is 1.66 bits per heavy atom. The Bertz CT molecular complexity index is 2080. The maximum absolute atomic E-state index is 14.1. The van der Waals surface area contributed by atoms with E-state index in [1.165, 1.54) is 16.9 Å². The molecule has 5 aromatic rings. The maximum Gasteiger partial charge on any atom is 0.271 e. The van der Waals surface area contributed by atoms with E-state index in [9.17, 15) is 4.79 Å². The molecule has 1 atom stereocenters. The minimum absolute atomic E-state index is 0.0693. The van der Waals surface area contributed by atoms with Crippen molar-refractivity contribution in [2.24, 2.45) is 4.99 Å². The van der Waals surface area contributed by atoms with E-state index in [1.807, 2.05) is 84.3 Å². The van der Waals surface area contributed by atoms with Crippen molar-refractivity contribution in [3.8, 4) is 11.5 Å². The number of thiazole rings is 1. The summed E-state index contributed by atoms with van der Waals surface area (Å²) in [6, 6.07) is 29.3. The predicted octanol–water partition coefficient (Wildman–Crippen LogP) is 7.60. The van der Waals surface area contributed by atoms with Gasteiger partial charge in [0.2, 0.25) is 0 Å². The monoisotopic (exact) mass is 638 g/mol.